The van der Waals surface area contributed by atoms with Crippen LogP contribution in [0.4, 0.5) is 0 Å². The highest BCUT2D eigenvalue weighted by Gasteiger charge is 2.50. The van der Waals surface area contributed by atoms with Crippen molar-refractivity contribution in [3.8, 4) is 5.75 Å². The predicted octanol–water partition coefficient (Wildman–Crippen LogP) is 0.605. The summed E-state index contributed by atoms with van der Waals surface area (Å²) in [5.41, 5.74) is -1.20. The number of likely N-dealkylation sites (tertiary alicyclic amines) is 1. The fourth-order valence-electron chi connectivity index (χ4n) is 3.60. The summed E-state index contributed by atoms with van der Waals surface area (Å²) >= 11 is 0. The van der Waals surface area contributed by atoms with Crippen LogP contribution in [0.15, 0.2) is 47.3 Å². The summed E-state index contributed by atoms with van der Waals surface area (Å²) < 4.78 is 5.18. The molecule has 1 fully saturated rings. The van der Waals surface area contributed by atoms with Gasteiger partial charge in [-0.3, -0.25) is 19.2 Å². The van der Waals surface area contributed by atoms with Gasteiger partial charge < -0.3 is 29.9 Å². The van der Waals surface area contributed by atoms with Crippen molar-refractivity contribution in [2.45, 2.75) is 18.9 Å². The van der Waals surface area contributed by atoms with Crippen LogP contribution in [0.5, 0.6) is 5.75 Å². The van der Waals surface area contributed by atoms with Crippen LogP contribution in [-0.4, -0.2) is 69.9 Å². The van der Waals surface area contributed by atoms with Gasteiger partial charge in [-0.15, -0.1) is 0 Å². The van der Waals surface area contributed by atoms with Crippen LogP contribution in [0.3, 0.4) is 0 Å². The number of aromatic nitrogens is 1. The number of benzene rings is 1. The number of carbonyl (C=O) groups is 3. The number of aliphatic hydroxyl groups is 1. The molecule has 1 aliphatic heterocycles. The number of aliphatic hydroxyl groups excluding tert-OH is 1. The lowest BCUT2D eigenvalue weighted by atomic mass is 9.72. The first kappa shape index (κ1) is 23.6. The smallest absolute Gasteiger partial charge is 0.314 e. The Hall–Kier alpha value is -3.66. The van der Waals surface area contributed by atoms with Crippen molar-refractivity contribution < 1.29 is 34.4 Å². The molecule has 1 aliphatic rings. The fourth-order valence-corrected chi connectivity index (χ4v) is 3.60. The second-order valence-corrected chi connectivity index (χ2v) is 7.05. The van der Waals surface area contributed by atoms with Crippen molar-refractivity contribution in [1.29, 1.82) is 0 Å². The average Bonchev–Trinajstić information content (AvgIpc) is 2.75. The number of aliphatic carboxylic acids is 1. The molecule has 4 N–H and O–H groups in total. The monoisotopic (exact) mass is 432 g/mol. The molecule has 3 rings (SSSR count). The third kappa shape index (κ3) is 5.48. The quantitative estimate of drug-likeness (QED) is 0.500. The van der Waals surface area contributed by atoms with Crippen LogP contribution in [0, 0.1) is 5.41 Å². The van der Waals surface area contributed by atoms with Crippen LogP contribution in [0.1, 0.15) is 22.5 Å². The average molecular weight is 432 g/mol. The van der Waals surface area contributed by atoms with Crippen molar-refractivity contribution >= 4 is 18.3 Å². The van der Waals surface area contributed by atoms with E-state index in [1.807, 2.05) is 0 Å². The third-order valence-corrected chi connectivity index (χ3v) is 5.15. The molecule has 0 bridgehead atoms. The van der Waals surface area contributed by atoms with Crippen molar-refractivity contribution in [3.63, 3.8) is 0 Å². The number of ether oxygens (including phenoxy) is 1. The summed E-state index contributed by atoms with van der Waals surface area (Å²) in [6.07, 6.45) is -0.954. The number of carbonyl (C=O) groups excluding carboxylic acids is 1. The lowest BCUT2D eigenvalue weighted by molar-refractivity contribution is -0.161. The predicted molar refractivity (Wildman–Crippen MR) is 109 cm³/mol. The number of nitrogens with one attached hydrogen (secondary N) is 1. The summed E-state index contributed by atoms with van der Waals surface area (Å²) in [7, 11) is 1.52. The number of amides is 1. The summed E-state index contributed by atoms with van der Waals surface area (Å²) in [4.78, 5) is 48.7. The zero-order valence-corrected chi connectivity index (χ0v) is 16.9. The summed E-state index contributed by atoms with van der Waals surface area (Å²) in [6, 6.07) is 11.2. The lowest BCUT2D eigenvalue weighted by Gasteiger charge is -2.43. The van der Waals surface area contributed by atoms with Gasteiger partial charge in [0.15, 0.2) is 0 Å². The van der Waals surface area contributed by atoms with Gasteiger partial charge in [-0.05, 0) is 36.6 Å². The zero-order chi connectivity index (χ0) is 23.0. The Morgan fingerprint density at radius 2 is 1.97 bits per heavy atom. The number of H-pyrrole nitrogens is 1. The van der Waals surface area contributed by atoms with E-state index >= 15 is 0 Å². The summed E-state index contributed by atoms with van der Waals surface area (Å²) in [5.74, 6) is -1.07. The number of pyridine rings is 1. The van der Waals surface area contributed by atoms with Crippen LogP contribution >= 0.6 is 0 Å². The molecule has 1 saturated heterocycles. The highest BCUT2D eigenvalue weighted by Crippen LogP contribution is 2.35. The van der Waals surface area contributed by atoms with E-state index in [2.05, 4.69) is 4.98 Å². The maximum atomic E-state index is 12.8. The number of methoxy groups -OCH3 is 1. The molecule has 31 heavy (non-hydrogen) atoms. The van der Waals surface area contributed by atoms with Gasteiger partial charge in [0.2, 0.25) is 5.56 Å². The first-order chi connectivity index (χ1) is 14.8. The Balaban J connectivity index is 0.00000107. The molecule has 0 unspecified atom stereocenters. The van der Waals surface area contributed by atoms with E-state index < -0.39 is 29.0 Å². The summed E-state index contributed by atoms with van der Waals surface area (Å²) in [6.45, 7) is -0.222. The lowest BCUT2D eigenvalue weighted by Crippen LogP contribution is -2.58. The number of carboxylic acid groups (broad SMARTS) is 2. The van der Waals surface area contributed by atoms with Gasteiger partial charge in [-0.1, -0.05) is 18.2 Å². The number of hydrogen-bond acceptors (Lipinski definition) is 6. The number of nitrogens with zero attached hydrogens (tertiary/aromatic N) is 1. The van der Waals surface area contributed by atoms with E-state index in [9.17, 15) is 24.6 Å². The molecule has 166 valence electrons. The normalized spacial score (nSPS) is 20.2. The van der Waals surface area contributed by atoms with Crippen molar-refractivity contribution in [2.24, 2.45) is 5.41 Å². The van der Waals surface area contributed by atoms with Crippen LogP contribution in [0.25, 0.3) is 0 Å². The van der Waals surface area contributed by atoms with Crippen LogP contribution < -0.4 is 10.3 Å². The Morgan fingerprint density at radius 1 is 1.29 bits per heavy atom. The Bertz CT molecular complexity index is 989. The molecule has 0 aliphatic carbocycles. The minimum absolute atomic E-state index is 0.0375. The van der Waals surface area contributed by atoms with E-state index in [0.717, 1.165) is 0 Å². The topological polar surface area (TPSA) is 157 Å². The molecule has 2 aromatic rings. The molecule has 0 saturated carbocycles. The van der Waals surface area contributed by atoms with E-state index in [4.69, 9.17) is 14.6 Å². The number of hydrogen-bond donors (Lipinski definition) is 4. The molecule has 1 aromatic heterocycles. The second kappa shape index (κ2) is 10.4. The van der Waals surface area contributed by atoms with E-state index in [-0.39, 0.29) is 38.1 Å². The largest absolute Gasteiger partial charge is 0.497 e. The molecular formula is C21H24N2O8. The fraction of sp³-hybridized carbons (Fsp3) is 0.333. The Morgan fingerprint density at radius 3 is 2.58 bits per heavy atom. The Labute approximate surface area is 177 Å². The summed E-state index contributed by atoms with van der Waals surface area (Å²) in [5, 5.41) is 27.4. The standard InChI is InChI=1S/C20H22N2O6.CH2O2/c1-28-14-5-2-4-13(10-14)11-20(19(26)27)12-22(9-8-16(20)23)18(25)15-6-3-7-17(24)21-15;2-1-3/h2-7,10,16,23H,8-9,11-12H2,1H3,(H,21,24)(H,26,27);1H,(H,2,3)/t16-,20+;/m0./s1. The van der Waals surface area contributed by atoms with Crippen LogP contribution in [-0.2, 0) is 16.0 Å². The first-order valence-corrected chi connectivity index (χ1v) is 9.38. The number of piperidine rings is 1. The maximum absolute atomic E-state index is 12.8. The first-order valence-electron chi connectivity index (χ1n) is 9.38. The third-order valence-electron chi connectivity index (χ3n) is 5.15. The second-order valence-electron chi connectivity index (χ2n) is 7.05. The molecule has 2 atom stereocenters. The van der Waals surface area contributed by atoms with Gasteiger partial charge in [0.1, 0.15) is 16.9 Å². The van der Waals surface area contributed by atoms with Gasteiger partial charge in [-0.25, -0.2) is 0 Å². The number of rotatable bonds is 5. The SMILES string of the molecule is COc1cccc(C[C@@]2(C(=O)O)CN(C(=O)c3cccc(=O)[nH]3)CC[C@@H]2O)c1.O=CO. The van der Waals surface area contributed by atoms with Gasteiger partial charge in [0.05, 0.1) is 13.2 Å². The highest BCUT2D eigenvalue weighted by molar-refractivity contribution is 5.93. The van der Waals surface area contributed by atoms with E-state index in [0.29, 0.717) is 11.3 Å². The van der Waals surface area contributed by atoms with Crippen molar-refractivity contribution in [1.82, 2.24) is 9.88 Å². The molecule has 0 radical (unpaired) electrons. The van der Waals surface area contributed by atoms with E-state index in [1.54, 1.807) is 24.3 Å². The number of aromatic amines is 1. The van der Waals surface area contributed by atoms with Crippen LogP contribution in [0.2, 0.25) is 0 Å². The molecule has 1 aromatic carbocycles. The highest BCUT2D eigenvalue weighted by atomic mass is 16.5. The molecule has 2 heterocycles. The molecule has 0 spiro atoms. The van der Waals surface area contributed by atoms with E-state index in [1.165, 1.54) is 30.2 Å². The Kier molecular flexibility index (Phi) is 7.92. The minimum atomic E-state index is -1.56. The van der Waals surface area contributed by atoms with Crippen molar-refractivity contribution in [3.05, 3.63) is 64.1 Å². The number of carboxylic acids is 1. The molecule has 10 nitrogen and oxygen atoms in total. The van der Waals surface area contributed by atoms with Gasteiger partial charge in [0.25, 0.3) is 12.4 Å². The molecule has 10 heteroatoms. The van der Waals surface area contributed by atoms with Gasteiger partial charge >= 0.3 is 5.97 Å². The van der Waals surface area contributed by atoms with Crippen molar-refractivity contribution in [2.75, 3.05) is 20.2 Å². The molecule has 1 amide bonds. The van der Waals surface area contributed by atoms with Gasteiger partial charge in [0, 0.05) is 19.2 Å². The maximum Gasteiger partial charge on any atom is 0.314 e. The zero-order valence-electron chi connectivity index (χ0n) is 16.9. The van der Waals surface area contributed by atoms with Gasteiger partial charge in [-0.2, -0.15) is 0 Å². The minimum Gasteiger partial charge on any atom is -0.497 e. The molecular weight excluding hydrogens is 408 g/mol.